The third-order valence-electron chi connectivity index (χ3n) is 4.76. The van der Waals surface area contributed by atoms with Gasteiger partial charge < -0.3 is 4.90 Å². The number of hydrogen-bond donors (Lipinski definition) is 0. The van der Waals surface area contributed by atoms with Crippen molar-refractivity contribution in [2.24, 2.45) is 0 Å². The normalized spacial score (nSPS) is 19.1. The van der Waals surface area contributed by atoms with Crippen LogP contribution < -0.4 is 0 Å². The lowest BCUT2D eigenvalue weighted by atomic mass is 10.0. The molecule has 0 saturated carbocycles. The first-order valence-electron chi connectivity index (χ1n) is 8.22. The Morgan fingerprint density at radius 2 is 1.75 bits per heavy atom. The van der Waals surface area contributed by atoms with Gasteiger partial charge in [-0.3, -0.25) is 0 Å². The number of likely N-dealkylation sites (N-methyl/N-ethyl adjacent to an activating group) is 1. The minimum absolute atomic E-state index is 0.295. The van der Waals surface area contributed by atoms with E-state index in [9.17, 15) is 8.42 Å². The van der Waals surface area contributed by atoms with E-state index in [-0.39, 0.29) is 0 Å². The second kappa shape index (κ2) is 6.67. The number of benzene rings is 2. The summed E-state index contributed by atoms with van der Waals surface area (Å²) in [5, 5.41) is 0. The topological polar surface area (TPSA) is 40.6 Å². The number of hydrogen-bond acceptors (Lipinski definition) is 3. The fourth-order valence-electron chi connectivity index (χ4n) is 3.24. The molecule has 1 aliphatic rings. The first kappa shape index (κ1) is 17.1. The van der Waals surface area contributed by atoms with Crippen LogP contribution in [0.2, 0.25) is 0 Å². The van der Waals surface area contributed by atoms with Gasteiger partial charge in [0.15, 0.2) is 0 Å². The van der Waals surface area contributed by atoms with Crippen LogP contribution in [0.4, 0.5) is 0 Å². The van der Waals surface area contributed by atoms with Crippen molar-refractivity contribution in [3.63, 3.8) is 0 Å². The van der Waals surface area contributed by atoms with Crippen LogP contribution in [0.5, 0.6) is 0 Å². The Labute approximate surface area is 144 Å². The summed E-state index contributed by atoms with van der Waals surface area (Å²) in [7, 11) is 0.573. The number of nitrogens with zero attached hydrogens (tertiary/aromatic N) is 2. The molecular formula is C19H24N2O2S. The fraction of sp³-hybridized carbons (Fsp3) is 0.368. The molecule has 1 fully saturated rings. The molecule has 0 amide bonds. The lowest BCUT2D eigenvalue weighted by Crippen LogP contribution is -2.34. The molecule has 2 aromatic carbocycles. The highest BCUT2D eigenvalue weighted by Crippen LogP contribution is 2.28. The molecule has 1 unspecified atom stereocenters. The van der Waals surface area contributed by atoms with Crippen LogP contribution in [0.1, 0.15) is 12.0 Å². The summed E-state index contributed by atoms with van der Waals surface area (Å²) in [6.45, 7) is 3.03. The molecule has 1 atom stereocenters. The third-order valence-corrected chi connectivity index (χ3v) is 6.78. The standard InChI is InChI=1S/C19H24N2O2S/c1-15-13-17(16-7-5-4-6-8-16)9-10-19(15)24(22,23)21-12-11-18(14-21)20(2)3/h4-10,13,18H,11-12,14H2,1-3H3. The maximum Gasteiger partial charge on any atom is 0.243 e. The third kappa shape index (κ3) is 3.24. The molecule has 0 bridgehead atoms. The summed E-state index contributed by atoms with van der Waals surface area (Å²) in [6.07, 6.45) is 0.882. The Morgan fingerprint density at radius 1 is 1.04 bits per heavy atom. The molecule has 0 aromatic heterocycles. The molecule has 128 valence electrons. The minimum Gasteiger partial charge on any atom is -0.305 e. The van der Waals surface area contributed by atoms with Crippen LogP contribution in [0.3, 0.4) is 0 Å². The van der Waals surface area contributed by atoms with Crippen LogP contribution >= 0.6 is 0 Å². The van der Waals surface area contributed by atoms with Crippen molar-refractivity contribution in [3.8, 4) is 11.1 Å². The fourth-order valence-corrected chi connectivity index (χ4v) is 4.94. The van der Waals surface area contributed by atoms with Gasteiger partial charge in [-0.1, -0.05) is 42.5 Å². The molecule has 1 aliphatic heterocycles. The van der Waals surface area contributed by atoms with E-state index in [1.165, 1.54) is 0 Å². The summed E-state index contributed by atoms with van der Waals surface area (Å²) in [5.41, 5.74) is 2.93. The smallest absolute Gasteiger partial charge is 0.243 e. The zero-order valence-electron chi connectivity index (χ0n) is 14.4. The Bertz CT molecular complexity index is 817. The van der Waals surface area contributed by atoms with E-state index in [2.05, 4.69) is 4.90 Å². The van der Waals surface area contributed by atoms with Crippen molar-refractivity contribution in [2.45, 2.75) is 24.3 Å². The zero-order chi connectivity index (χ0) is 17.3. The average Bonchev–Trinajstić information content (AvgIpc) is 3.06. The molecule has 5 heteroatoms. The quantitative estimate of drug-likeness (QED) is 0.856. The van der Waals surface area contributed by atoms with Crippen molar-refractivity contribution in [2.75, 3.05) is 27.2 Å². The summed E-state index contributed by atoms with van der Waals surface area (Å²) in [6, 6.07) is 15.9. The number of rotatable bonds is 4. The highest BCUT2D eigenvalue weighted by atomic mass is 32.2. The molecule has 1 heterocycles. The Hall–Kier alpha value is -1.69. The predicted molar refractivity (Wildman–Crippen MR) is 97.5 cm³/mol. The molecule has 4 nitrogen and oxygen atoms in total. The monoisotopic (exact) mass is 344 g/mol. The SMILES string of the molecule is Cc1cc(-c2ccccc2)ccc1S(=O)(=O)N1CCC(N(C)C)C1. The van der Waals surface area contributed by atoms with Crippen LogP contribution in [-0.4, -0.2) is 50.8 Å². The Balaban J connectivity index is 1.89. The van der Waals surface area contributed by atoms with Gasteiger partial charge in [0, 0.05) is 19.1 Å². The van der Waals surface area contributed by atoms with Crippen LogP contribution in [0, 0.1) is 6.92 Å². The molecular weight excluding hydrogens is 320 g/mol. The largest absolute Gasteiger partial charge is 0.305 e. The van der Waals surface area contributed by atoms with Gasteiger partial charge in [0.2, 0.25) is 10.0 Å². The summed E-state index contributed by atoms with van der Waals surface area (Å²) >= 11 is 0. The Kier molecular flexibility index (Phi) is 4.76. The second-order valence-corrected chi connectivity index (χ2v) is 8.52. The maximum absolute atomic E-state index is 13.0. The average molecular weight is 344 g/mol. The van der Waals surface area contributed by atoms with Crippen molar-refractivity contribution in [1.82, 2.24) is 9.21 Å². The van der Waals surface area contributed by atoms with E-state index >= 15 is 0 Å². The number of aryl methyl sites for hydroxylation is 1. The summed E-state index contributed by atoms with van der Waals surface area (Å²) in [5.74, 6) is 0. The van der Waals surface area contributed by atoms with E-state index < -0.39 is 10.0 Å². The lowest BCUT2D eigenvalue weighted by molar-refractivity contribution is 0.302. The first-order valence-corrected chi connectivity index (χ1v) is 9.66. The van der Waals surface area contributed by atoms with E-state index in [1.54, 1.807) is 10.4 Å². The maximum atomic E-state index is 13.0. The highest BCUT2D eigenvalue weighted by Gasteiger charge is 2.34. The molecule has 0 aliphatic carbocycles. The number of sulfonamides is 1. The van der Waals surface area contributed by atoms with Gasteiger partial charge in [0.25, 0.3) is 0 Å². The predicted octanol–water partition coefficient (Wildman–Crippen LogP) is 2.99. The molecule has 0 N–H and O–H groups in total. The van der Waals surface area contributed by atoms with Gasteiger partial charge in [0.05, 0.1) is 4.90 Å². The molecule has 24 heavy (non-hydrogen) atoms. The second-order valence-electron chi connectivity index (χ2n) is 6.62. The molecule has 1 saturated heterocycles. The van der Waals surface area contributed by atoms with Crippen LogP contribution in [0.25, 0.3) is 11.1 Å². The Morgan fingerprint density at radius 3 is 2.33 bits per heavy atom. The molecule has 2 aromatic rings. The van der Waals surface area contributed by atoms with Gasteiger partial charge in [-0.2, -0.15) is 4.31 Å². The van der Waals surface area contributed by atoms with E-state index in [1.807, 2.05) is 63.5 Å². The summed E-state index contributed by atoms with van der Waals surface area (Å²) < 4.78 is 27.6. The zero-order valence-corrected chi connectivity index (χ0v) is 15.3. The van der Waals surface area contributed by atoms with Crippen LogP contribution in [0.15, 0.2) is 53.4 Å². The first-order chi connectivity index (χ1) is 11.4. The van der Waals surface area contributed by atoms with Crippen molar-refractivity contribution in [1.29, 1.82) is 0 Å². The van der Waals surface area contributed by atoms with Gasteiger partial charge in [-0.25, -0.2) is 8.42 Å². The minimum atomic E-state index is -3.43. The van der Waals surface area contributed by atoms with Crippen molar-refractivity contribution >= 4 is 10.0 Å². The van der Waals surface area contributed by atoms with Crippen molar-refractivity contribution in [3.05, 3.63) is 54.1 Å². The van der Waals surface area contributed by atoms with Crippen LogP contribution in [-0.2, 0) is 10.0 Å². The summed E-state index contributed by atoms with van der Waals surface area (Å²) in [4.78, 5) is 2.52. The van der Waals surface area contributed by atoms with Gasteiger partial charge in [0.1, 0.15) is 0 Å². The highest BCUT2D eigenvalue weighted by molar-refractivity contribution is 7.89. The van der Waals surface area contributed by atoms with Gasteiger partial charge >= 0.3 is 0 Å². The van der Waals surface area contributed by atoms with Gasteiger partial charge in [-0.15, -0.1) is 0 Å². The lowest BCUT2D eigenvalue weighted by Gasteiger charge is -2.21. The van der Waals surface area contributed by atoms with E-state index in [4.69, 9.17) is 0 Å². The molecule has 0 spiro atoms. The van der Waals surface area contributed by atoms with Gasteiger partial charge in [-0.05, 0) is 50.2 Å². The molecule has 0 radical (unpaired) electrons. The van der Waals surface area contributed by atoms with Crippen molar-refractivity contribution < 1.29 is 8.42 Å². The van der Waals surface area contributed by atoms with E-state index in [0.29, 0.717) is 24.0 Å². The molecule has 3 rings (SSSR count). The van der Waals surface area contributed by atoms with E-state index in [0.717, 1.165) is 23.1 Å².